The molecule has 2 rings (SSSR count). The van der Waals surface area contributed by atoms with Gasteiger partial charge in [0.1, 0.15) is 5.82 Å². The Morgan fingerprint density at radius 2 is 1.94 bits per heavy atom. The van der Waals surface area contributed by atoms with Crippen molar-refractivity contribution in [2.24, 2.45) is 16.8 Å². The van der Waals surface area contributed by atoms with Crippen LogP contribution in [0.15, 0.2) is 77.5 Å². The summed E-state index contributed by atoms with van der Waals surface area (Å²) in [6, 6.07) is 8.63. The molecule has 0 fully saturated rings. The summed E-state index contributed by atoms with van der Waals surface area (Å²) < 4.78 is 13.7. The highest BCUT2D eigenvalue weighted by atomic mass is 19.1. The minimum atomic E-state index is -0.452. The normalized spacial score (nSPS) is 13.2. The van der Waals surface area contributed by atoms with E-state index in [2.05, 4.69) is 20.7 Å². The van der Waals surface area contributed by atoms with Gasteiger partial charge in [0, 0.05) is 23.0 Å². The SMILES string of the molecule is C\C=C/C=C(\C=C(/C)F)N(N)/C(=N\N)c1cc(-c2cccc(NC(=O)NC(C)(C)C)c2)cnc1N. The van der Waals surface area contributed by atoms with Crippen LogP contribution >= 0.6 is 0 Å². The number of pyridine rings is 1. The van der Waals surface area contributed by atoms with E-state index in [0.29, 0.717) is 22.5 Å². The summed E-state index contributed by atoms with van der Waals surface area (Å²) in [6.45, 7) is 8.80. The van der Waals surface area contributed by atoms with Crippen molar-refractivity contribution in [1.29, 1.82) is 0 Å². The predicted octanol–water partition coefficient (Wildman–Crippen LogP) is 4.38. The van der Waals surface area contributed by atoms with Gasteiger partial charge in [-0.15, -0.1) is 0 Å². The number of carbonyl (C=O) groups excluding carboxylic acids is 1. The fourth-order valence-electron chi connectivity index (χ4n) is 3.07. The summed E-state index contributed by atoms with van der Waals surface area (Å²) in [7, 11) is 0. The summed E-state index contributed by atoms with van der Waals surface area (Å²) in [5.74, 6) is 11.7. The van der Waals surface area contributed by atoms with Crippen molar-refractivity contribution < 1.29 is 9.18 Å². The van der Waals surface area contributed by atoms with E-state index in [9.17, 15) is 9.18 Å². The number of hydrogen-bond donors (Lipinski definition) is 5. The van der Waals surface area contributed by atoms with Gasteiger partial charge in [-0.25, -0.2) is 20.0 Å². The summed E-state index contributed by atoms with van der Waals surface area (Å²) in [4.78, 5) is 16.5. The van der Waals surface area contributed by atoms with Crippen LogP contribution in [-0.2, 0) is 0 Å². The second-order valence-corrected chi connectivity index (χ2v) is 8.74. The molecule has 0 bridgehead atoms. The zero-order valence-corrected chi connectivity index (χ0v) is 20.6. The summed E-state index contributed by atoms with van der Waals surface area (Å²) in [6.07, 6.45) is 7.92. The standard InChI is InChI=1S/C25H33FN8O/c1-6-7-11-20(12-16(2)26)34(29)23(33-28)21-14-18(15-30-22(21)27)17-9-8-10-19(13-17)31-24(35)32-25(3,4)5/h6-15H,28-29H2,1-5H3,(H2,27,30)(H2,31,32,35)/b7-6-,16-12+,20-11+,33-23-. The predicted molar refractivity (Wildman–Crippen MR) is 141 cm³/mol. The molecule has 35 heavy (non-hydrogen) atoms. The molecular formula is C25H33FN8O. The van der Waals surface area contributed by atoms with Crippen LogP contribution in [0.25, 0.3) is 11.1 Å². The Bertz CT molecular complexity index is 1170. The third-order valence-electron chi connectivity index (χ3n) is 4.54. The topological polar surface area (TPSA) is 148 Å². The zero-order valence-electron chi connectivity index (χ0n) is 20.6. The fourth-order valence-corrected chi connectivity index (χ4v) is 3.07. The van der Waals surface area contributed by atoms with Gasteiger partial charge >= 0.3 is 6.03 Å². The van der Waals surface area contributed by atoms with Crippen molar-refractivity contribution in [1.82, 2.24) is 15.3 Å². The Labute approximate surface area is 205 Å². The maximum absolute atomic E-state index is 13.7. The maximum Gasteiger partial charge on any atom is 0.319 e. The number of hydrazine groups is 1. The number of urea groups is 1. The van der Waals surface area contributed by atoms with Gasteiger partial charge in [-0.2, -0.15) is 5.10 Å². The van der Waals surface area contributed by atoms with E-state index in [0.717, 1.165) is 10.6 Å². The molecule has 0 aliphatic heterocycles. The lowest BCUT2D eigenvalue weighted by Crippen LogP contribution is -2.43. The van der Waals surface area contributed by atoms with Crippen molar-refractivity contribution in [2.45, 2.75) is 40.2 Å². The smallest absolute Gasteiger partial charge is 0.319 e. The number of aromatic nitrogens is 1. The number of nitrogen functional groups attached to an aromatic ring is 1. The van der Waals surface area contributed by atoms with Crippen LogP contribution in [0.1, 0.15) is 40.2 Å². The second kappa shape index (κ2) is 11.8. The molecule has 2 aromatic rings. The van der Waals surface area contributed by atoms with Gasteiger partial charge < -0.3 is 22.2 Å². The Balaban J connectivity index is 2.44. The lowest BCUT2D eigenvalue weighted by molar-refractivity contribution is 0.244. The number of halogens is 1. The van der Waals surface area contributed by atoms with Gasteiger partial charge in [0.05, 0.1) is 17.1 Å². The average molecular weight is 481 g/mol. The molecule has 0 saturated carbocycles. The lowest BCUT2D eigenvalue weighted by Gasteiger charge is -2.22. The van der Waals surface area contributed by atoms with Crippen LogP contribution in [0, 0.1) is 0 Å². The number of hydrazone groups is 1. The Morgan fingerprint density at radius 3 is 2.54 bits per heavy atom. The van der Waals surface area contributed by atoms with Crippen molar-refractivity contribution in [3.8, 4) is 11.1 Å². The van der Waals surface area contributed by atoms with E-state index in [1.807, 2.05) is 33.8 Å². The van der Waals surface area contributed by atoms with Crippen LogP contribution in [0.2, 0.25) is 0 Å². The van der Waals surface area contributed by atoms with Crippen molar-refractivity contribution in [3.63, 3.8) is 0 Å². The molecule has 2 amide bonds. The number of carbonyl (C=O) groups is 1. The molecule has 9 nitrogen and oxygen atoms in total. The monoisotopic (exact) mass is 480 g/mol. The van der Waals surface area contributed by atoms with E-state index >= 15 is 0 Å². The number of benzene rings is 1. The van der Waals surface area contributed by atoms with E-state index in [1.165, 1.54) is 13.0 Å². The van der Waals surface area contributed by atoms with Crippen LogP contribution in [-0.4, -0.2) is 27.4 Å². The fraction of sp³-hybridized carbons (Fsp3) is 0.240. The number of allylic oxidation sites excluding steroid dienone is 5. The van der Waals surface area contributed by atoms with Gasteiger partial charge in [-0.3, -0.25) is 5.01 Å². The maximum atomic E-state index is 13.7. The molecule has 1 aromatic carbocycles. The highest BCUT2D eigenvalue weighted by molar-refractivity contribution is 6.04. The first-order valence-electron chi connectivity index (χ1n) is 10.9. The quantitative estimate of drug-likeness (QED) is 0.136. The lowest BCUT2D eigenvalue weighted by atomic mass is 10.0. The van der Waals surface area contributed by atoms with Crippen LogP contribution in [0.4, 0.5) is 20.7 Å². The van der Waals surface area contributed by atoms with Crippen LogP contribution in [0.5, 0.6) is 0 Å². The Kier molecular flexibility index (Phi) is 9.12. The average Bonchev–Trinajstić information content (AvgIpc) is 2.76. The summed E-state index contributed by atoms with van der Waals surface area (Å²) in [5, 5.41) is 10.6. The number of amidine groups is 1. The first-order chi connectivity index (χ1) is 16.4. The molecule has 0 spiro atoms. The first-order valence-corrected chi connectivity index (χ1v) is 10.9. The number of anilines is 2. The molecule has 1 heterocycles. The minimum absolute atomic E-state index is 0.0870. The molecule has 0 unspecified atom stereocenters. The Morgan fingerprint density at radius 1 is 1.23 bits per heavy atom. The number of rotatable bonds is 6. The number of nitrogens with two attached hydrogens (primary N) is 3. The first kappa shape index (κ1) is 27.1. The van der Waals surface area contributed by atoms with Crippen molar-refractivity contribution in [2.75, 3.05) is 11.1 Å². The van der Waals surface area contributed by atoms with E-state index in [1.54, 1.807) is 48.7 Å². The van der Waals surface area contributed by atoms with Gasteiger partial charge in [0.2, 0.25) is 0 Å². The molecule has 0 aliphatic carbocycles. The zero-order chi connectivity index (χ0) is 26.2. The van der Waals surface area contributed by atoms with Crippen LogP contribution in [0.3, 0.4) is 0 Å². The highest BCUT2D eigenvalue weighted by Crippen LogP contribution is 2.26. The van der Waals surface area contributed by atoms with E-state index in [4.69, 9.17) is 17.4 Å². The number of nitrogens with zero attached hydrogens (tertiary/aromatic N) is 3. The highest BCUT2D eigenvalue weighted by Gasteiger charge is 2.19. The molecule has 8 N–H and O–H groups in total. The number of amides is 2. The second-order valence-electron chi connectivity index (χ2n) is 8.74. The van der Waals surface area contributed by atoms with Gasteiger partial charge in [0.25, 0.3) is 0 Å². The third-order valence-corrected chi connectivity index (χ3v) is 4.54. The summed E-state index contributed by atoms with van der Waals surface area (Å²) >= 11 is 0. The molecule has 1 aromatic heterocycles. The largest absolute Gasteiger partial charge is 0.383 e. The third kappa shape index (κ3) is 7.97. The molecule has 10 heteroatoms. The Hall–Kier alpha value is -4.18. The van der Waals surface area contributed by atoms with Gasteiger partial charge in [-0.05, 0) is 70.5 Å². The van der Waals surface area contributed by atoms with E-state index < -0.39 is 5.83 Å². The minimum Gasteiger partial charge on any atom is -0.383 e. The van der Waals surface area contributed by atoms with Crippen molar-refractivity contribution in [3.05, 3.63) is 77.9 Å². The van der Waals surface area contributed by atoms with Gasteiger partial charge in [0.15, 0.2) is 5.84 Å². The molecule has 0 saturated heterocycles. The van der Waals surface area contributed by atoms with Crippen molar-refractivity contribution >= 4 is 23.4 Å². The van der Waals surface area contributed by atoms with Gasteiger partial charge in [-0.1, -0.05) is 24.3 Å². The van der Waals surface area contributed by atoms with Crippen LogP contribution < -0.4 is 28.1 Å². The molecule has 0 aliphatic rings. The molecular weight excluding hydrogens is 447 g/mol. The molecule has 186 valence electrons. The number of nitrogens with one attached hydrogen (secondary N) is 2. The summed E-state index contributed by atoms with van der Waals surface area (Å²) in [5.41, 5.74) is 8.43. The number of hydrogen-bond acceptors (Lipinski definition) is 6. The van der Waals surface area contributed by atoms with E-state index in [-0.39, 0.29) is 23.2 Å². The molecule has 0 atom stereocenters. The molecule has 0 radical (unpaired) electrons.